The van der Waals surface area contributed by atoms with Gasteiger partial charge >= 0.3 is 12.1 Å². The number of aliphatic carboxylic acids is 1. The van der Waals surface area contributed by atoms with Gasteiger partial charge in [-0.25, -0.2) is 0 Å². The Morgan fingerprint density at radius 2 is 2.00 bits per heavy atom. The number of aromatic nitrogens is 2. The van der Waals surface area contributed by atoms with Gasteiger partial charge in [-0.2, -0.15) is 18.2 Å². The molecular formula is C21H19ClF3N3O4. The summed E-state index contributed by atoms with van der Waals surface area (Å²) in [7, 11) is 0. The summed E-state index contributed by atoms with van der Waals surface area (Å²) < 4.78 is 50.9. The van der Waals surface area contributed by atoms with Crippen molar-refractivity contribution in [3.05, 3.63) is 52.5 Å². The van der Waals surface area contributed by atoms with E-state index < -0.39 is 23.8 Å². The second-order valence-corrected chi connectivity index (χ2v) is 7.52. The Morgan fingerprint density at radius 3 is 2.62 bits per heavy atom. The fourth-order valence-electron chi connectivity index (χ4n) is 2.86. The molecule has 3 rings (SSSR count). The van der Waals surface area contributed by atoms with Gasteiger partial charge in [-0.1, -0.05) is 22.8 Å². The first-order chi connectivity index (χ1) is 15.0. The van der Waals surface area contributed by atoms with Crippen LogP contribution >= 0.6 is 11.6 Å². The average molecular weight is 470 g/mol. The van der Waals surface area contributed by atoms with Gasteiger partial charge in [0.15, 0.2) is 0 Å². The van der Waals surface area contributed by atoms with Gasteiger partial charge in [0, 0.05) is 17.7 Å². The molecule has 11 heteroatoms. The van der Waals surface area contributed by atoms with Crippen LogP contribution in [-0.2, 0) is 17.5 Å². The van der Waals surface area contributed by atoms with Crippen LogP contribution in [0.15, 0.2) is 40.9 Å². The molecule has 0 aliphatic heterocycles. The molecular weight excluding hydrogens is 451 g/mol. The van der Waals surface area contributed by atoms with Gasteiger partial charge in [0.05, 0.1) is 23.2 Å². The molecule has 0 saturated carbocycles. The zero-order valence-electron chi connectivity index (χ0n) is 17.0. The molecule has 7 nitrogen and oxygen atoms in total. The molecule has 0 aliphatic rings. The summed E-state index contributed by atoms with van der Waals surface area (Å²) in [6.07, 6.45) is -5.06. The third-order valence-electron chi connectivity index (χ3n) is 4.20. The molecule has 0 amide bonds. The zero-order valence-corrected chi connectivity index (χ0v) is 17.8. The van der Waals surface area contributed by atoms with E-state index in [1.54, 1.807) is 32.0 Å². The number of nitrogens with zero attached hydrogens (tertiary/aromatic N) is 2. The predicted molar refractivity (Wildman–Crippen MR) is 110 cm³/mol. The smallest absolute Gasteiger partial charge is 0.419 e. The summed E-state index contributed by atoms with van der Waals surface area (Å²) >= 11 is 6.28. The van der Waals surface area contributed by atoms with Crippen LogP contribution in [0.4, 0.5) is 13.2 Å². The lowest BCUT2D eigenvalue weighted by Crippen LogP contribution is -2.21. The summed E-state index contributed by atoms with van der Waals surface area (Å²) in [6, 6.07) is 8.45. The lowest BCUT2D eigenvalue weighted by molar-refractivity contribution is -0.139. The number of rotatable bonds is 8. The Bertz CT molecular complexity index is 1120. The number of benzene rings is 2. The number of carboxylic acids is 1. The second kappa shape index (κ2) is 9.58. The molecule has 32 heavy (non-hydrogen) atoms. The van der Waals surface area contributed by atoms with Gasteiger partial charge in [0.25, 0.3) is 5.89 Å². The molecule has 2 N–H and O–H groups in total. The molecule has 1 heterocycles. The fourth-order valence-corrected chi connectivity index (χ4v) is 3.14. The maximum Gasteiger partial charge on any atom is 0.419 e. The molecule has 0 saturated heterocycles. The molecule has 1 aromatic heterocycles. The average Bonchev–Trinajstić information content (AvgIpc) is 3.16. The number of carboxylic acid groups (broad SMARTS) is 1. The number of hydrogen-bond acceptors (Lipinski definition) is 6. The minimum absolute atomic E-state index is 0.0813. The molecule has 170 valence electrons. The summed E-state index contributed by atoms with van der Waals surface area (Å²) in [5.41, 5.74) is 0.288. The van der Waals surface area contributed by atoms with Gasteiger partial charge in [-0.3, -0.25) is 4.79 Å². The minimum atomic E-state index is -4.63. The number of ether oxygens (including phenoxy) is 1. The summed E-state index contributed by atoms with van der Waals surface area (Å²) in [5, 5.41) is 15.5. The van der Waals surface area contributed by atoms with Crippen LogP contribution in [0, 0.1) is 0 Å². The lowest BCUT2D eigenvalue weighted by Gasteiger charge is -2.16. The van der Waals surface area contributed by atoms with Crippen molar-refractivity contribution in [2.24, 2.45) is 0 Å². The third kappa shape index (κ3) is 5.77. The van der Waals surface area contributed by atoms with Crippen molar-refractivity contribution < 1.29 is 32.3 Å². The van der Waals surface area contributed by atoms with Gasteiger partial charge in [0.2, 0.25) is 5.82 Å². The number of hydrogen-bond donors (Lipinski definition) is 2. The molecule has 0 unspecified atom stereocenters. The molecule has 3 aromatic rings. The van der Waals surface area contributed by atoms with E-state index in [0.29, 0.717) is 5.56 Å². The third-order valence-corrected chi connectivity index (χ3v) is 4.51. The Labute approximate surface area is 186 Å². The Hall–Kier alpha value is -3.11. The first kappa shape index (κ1) is 23.6. The van der Waals surface area contributed by atoms with E-state index in [2.05, 4.69) is 15.5 Å². The number of alkyl halides is 3. The van der Waals surface area contributed by atoms with Crippen LogP contribution in [0.5, 0.6) is 5.75 Å². The molecule has 0 radical (unpaired) electrons. The fraction of sp³-hybridized carbons (Fsp3) is 0.286. The highest BCUT2D eigenvalue weighted by molar-refractivity contribution is 6.33. The summed E-state index contributed by atoms with van der Waals surface area (Å²) in [4.78, 5) is 14.7. The Morgan fingerprint density at radius 1 is 1.25 bits per heavy atom. The Balaban J connectivity index is 1.86. The number of halogens is 4. The van der Waals surface area contributed by atoms with E-state index in [-0.39, 0.29) is 41.1 Å². The molecule has 0 aliphatic carbocycles. The monoisotopic (exact) mass is 469 g/mol. The van der Waals surface area contributed by atoms with Crippen LogP contribution in [0.2, 0.25) is 5.02 Å². The standard InChI is InChI=1S/C21H19ClF3N3O4/c1-11(2)31-17-6-4-13(8-15(17)21(23,24)25)20-27-19(28-32-20)14-5-3-12(7-16(14)22)9-26-10-18(29)30/h3-8,11,26H,9-10H2,1-2H3,(H,29,30). The van der Waals surface area contributed by atoms with Gasteiger partial charge in [-0.05, 0) is 49.7 Å². The van der Waals surface area contributed by atoms with Crippen molar-refractivity contribution in [1.29, 1.82) is 0 Å². The van der Waals surface area contributed by atoms with Gasteiger partial charge in [0.1, 0.15) is 5.75 Å². The van der Waals surface area contributed by atoms with E-state index in [0.717, 1.165) is 11.6 Å². The van der Waals surface area contributed by atoms with Crippen LogP contribution < -0.4 is 10.1 Å². The van der Waals surface area contributed by atoms with Crippen LogP contribution in [-0.4, -0.2) is 33.9 Å². The zero-order chi connectivity index (χ0) is 23.5. The van der Waals surface area contributed by atoms with Gasteiger partial charge in [-0.15, -0.1) is 0 Å². The molecule has 0 fully saturated rings. The quantitative estimate of drug-likeness (QED) is 0.477. The lowest BCUT2D eigenvalue weighted by atomic mass is 10.1. The summed E-state index contributed by atoms with van der Waals surface area (Å²) in [6.45, 7) is 3.36. The minimum Gasteiger partial charge on any atom is -0.490 e. The van der Waals surface area contributed by atoms with E-state index in [1.807, 2.05) is 0 Å². The van der Waals surface area contributed by atoms with Crippen LogP contribution in [0.1, 0.15) is 25.0 Å². The van der Waals surface area contributed by atoms with Crippen LogP contribution in [0.3, 0.4) is 0 Å². The van der Waals surface area contributed by atoms with Crippen molar-refractivity contribution in [3.8, 4) is 28.6 Å². The Kier molecular flexibility index (Phi) is 7.05. The predicted octanol–water partition coefficient (Wildman–Crippen LogP) is 5.04. The van der Waals surface area contributed by atoms with Crippen molar-refractivity contribution in [1.82, 2.24) is 15.5 Å². The van der Waals surface area contributed by atoms with Crippen molar-refractivity contribution in [2.75, 3.05) is 6.54 Å². The number of carbonyl (C=O) groups is 1. The van der Waals surface area contributed by atoms with E-state index in [1.165, 1.54) is 12.1 Å². The molecule has 2 aromatic carbocycles. The second-order valence-electron chi connectivity index (χ2n) is 7.11. The largest absolute Gasteiger partial charge is 0.490 e. The van der Waals surface area contributed by atoms with E-state index in [9.17, 15) is 18.0 Å². The SMILES string of the molecule is CC(C)Oc1ccc(-c2nc(-c3ccc(CNCC(=O)O)cc3Cl)no2)cc1C(F)(F)F. The van der Waals surface area contributed by atoms with Crippen molar-refractivity contribution >= 4 is 17.6 Å². The first-order valence-corrected chi connectivity index (χ1v) is 9.85. The number of nitrogens with one attached hydrogen (secondary N) is 1. The van der Waals surface area contributed by atoms with E-state index in [4.69, 9.17) is 26.0 Å². The highest BCUT2D eigenvalue weighted by Gasteiger charge is 2.35. The van der Waals surface area contributed by atoms with Crippen molar-refractivity contribution in [3.63, 3.8) is 0 Å². The molecule has 0 spiro atoms. The highest BCUT2D eigenvalue weighted by atomic mass is 35.5. The van der Waals surface area contributed by atoms with E-state index >= 15 is 0 Å². The summed E-state index contributed by atoms with van der Waals surface area (Å²) in [5.74, 6) is -1.27. The molecule has 0 bridgehead atoms. The normalized spacial score (nSPS) is 11.7. The topological polar surface area (TPSA) is 97.5 Å². The van der Waals surface area contributed by atoms with Crippen molar-refractivity contribution in [2.45, 2.75) is 32.7 Å². The maximum absolute atomic E-state index is 13.5. The highest BCUT2D eigenvalue weighted by Crippen LogP contribution is 2.39. The molecule has 0 atom stereocenters. The first-order valence-electron chi connectivity index (χ1n) is 9.48. The maximum atomic E-state index is 13.5. The van der Waals surface area contributed by atoms with Crippen LogP contribution in [0.25, 0.3) is 22.8 Å². The van der Waals surface area contributed by atoms with Gasteiger partial charge < -0.3 is 19.7 Å².